The Hall–Kier alpha value is -4.43. The van der Waals surface area contributed by atoms with E-state index < -0.39 is 0 Å². The molecule has 0 saturated carbocycles. The molecule has 0 bridgehead atoms. The average Bonchev–Trinajstić information content (AvgIpc) is 3.54. The lowest BCUT2D eigenvalue weighted by Crippen LogP contribution is -2.11. The summed E-state index contributed by atoms with van der Waals surface area (Å²) in [6.07, 6.45) is 5.26. The van der Waals surface area contributed by atoms with Crippen LogP contribution in [0.4, 0.5) is 5.69 Å². The van der Waals surface area contributed by atoms with Gasteiger partial charge in [0.25, 0.3) is 0 Å². The van der Waals surface area contributed by atoms with E-state index in [0.717, 1.165) is 55.3 Å². The Bertz CT molecular complexity index is 1620. The summed E-state index contributed by atoms with van der Waals surface area (Å²) in [6.45, 7) is 0.237. The van der Waals surface area contributed by atoms with Gasteiger partial charge in [0.15, 0.2) is 11.5 Å². The summed E-state index contributed by atoms with van der Waals surface area (Å²) in [5.41, 5.74) is 3.64. The van der Waals surface area contributed by atoms with E-state index in [0.29, 0.717) is 0 Å². The van der Waals surface area contributed by atoms with Crippen LogP contribution in [0, 0.1) is 0 Å². The third-order valence-electron chi connectivity index (χ3n) is 5.62. The monoisotopic (exact) mass is 480 g/mol. The quantitative estimate of drug-likeness (QED) is 0.306. The number of methoxy groups -OCH3 is 1. The van der Waals surface area contributed by atoms with Crippen molar-refractivity contribution >= 4 is 34.0 Å². The van der Waals surface area contributed by atoms with Gasteiger partial charge in [0, 0.05) is 17.1 Å². The topological polar surface area (TPSA) is 70.2 Å². The van der Waals surface area contributed by atoms with Crippen molar-refractivity contribution in [3.63, 3.8) is 0 Å². The zero-order chi connectivity index (χ0) is 23.6. The number of hydrogen-bond acceptors (Lipinski definition) is 7. The highest BCUT2D eigenvalue weighted by molar-refractivity contribution is 7.07. The fourth-order valence-electron chi connectivity index (χ4n) is 3.85. The molecule has 5 aromatic rings. The first kappa shape index (κ1) is 21.1. The van der Waals surface area contributed by atoms with E-state index in [4.69, 9.17) is 24.3 Å². The molecule has 0 atom stereocenters. The lowest BCUT2D eigenvalue weighted by molar-refractivity contribution is 0.174. The third kappa shape index (κ3) is 4.27. The van der Waals surface area contributed by atoms with Crippen molar-refractivity contribution in [1.82, 2.24) is 9.66 Å². The summed E-state index contributed by atoms with van der Waals surface area (Å²) in [4.78, 5) is 9.70. The maximum atomic E-state index is 5.51. The van der Waals surface area contributed by atoms with Crippen molar-refractivity contribution in [2.45, 2.75) is 0 Å². The highest BCUT2D eigenvalue weighted by Crippen LogP contribution is 2.32. The SMILES string of the molecule is COc1ccc2cc(-c3csc(=Nc4cccnc4)n3N=Cc3ccc4c(c3)OCO4)ccc2c1. The number of pyridine rings is 1. The normalized spacial score (nSPS) is 13.1. The molecule has 0 fully saturated rings. The Kier molecular flexibility index (Phi) is 5.48. The first-order chi connectivity index (χ1) is 17.3. The zero-order valence-electron chi connectivity index (χ0n) is 18.8. The van der Waals surface area contributed by atoms with Crippen molar-refractivity contribution in [2.75, 3.05) is 13.9 Å². The van der Waals surface area contributed by atoms with E-state index in [1.54, 1.807) is 25.7 Å². The summed E-state index contributed by atoms with van der Waals surface area (Å²) in [7, 11) is 1.68. The van der Waals surface area contributed by atoms with Gasteiger partial charge in [-0.1, -0.05) is 18.2 Å². The molecule has 0 amide bonds. The minimum Gasteiger partial charge on any atom is -0.497 e. The van der Waals surface area contributed by atoms with Gasteiger partial charge in [-0.25, -0.2) is 9.67 Å². The standard InChI is InChI=1S/C27H20N4O3S/c1-32-23-8-7-19-12-21(6-5-20(19)13-23)24-16-35-27(30-22-3-2-10-28-15-22)31(24)29-14-18-4-9-25-26(11-18)34-17-33-25/h2-16H,17H2,1H3. The second-order valence-corrected chi connectivity index (χ2v) is 8.66. The number of ether oxygens (including phenoxy) is 3. The van der Waals surface area contributed by atoms with Crippen LogP contribution in [0.1, 0.15) is 5.56 Å². The molecule has 1 aliphatic rings. The first-order valence-electron chi connectivity index (χ1n) is 10.9. The Morgan fingerprint density at radius 2 is 1.89 bits per heavy atom. The van der Waals surface area contributed by atoms with Gasteiger partial charge in [-0.15, -0.1) is 11.3 Å². The summed E-state index contributed by atoms with van der Waals surface area (Å²) < 4.78 is 18.1. The average molecular weight is 481 g/mol. The van der Waals surface area contributed by atoms with Crippen LogP contribution in [0.3, 0.4) is 0 Å². The van der Waals surface area contributed by atoms with E-state index >= 15 is 0 Å². The van der Waals surface area contributed by atoms with Crippen LogP contribution in [0.15, 0.2) is 94.6 Å². The van der Waals surface area contributed by atoms with Crippen LogP contribution in [0.5, 0.6) is 17.2 Å². The molecule has 0 N–H and O–H groups in total. The van der Waals surface area contributed by atoms with Gasteiger partial charge in [0.1, 0.15) is 5.75 Å². The maximum absolute atomic E-state index is 5.51. The molecule has 172 valence electrons. The molecular weight excluding hydrogens is 460 g/mol. The number of rotatable bonds is 5. The molecule has 8 heteroatoms. The summed E-state index contributed by atoms with van der Waals surface area (Å²) in [5, 5.41) is 9.11. The van der Waals surface area contributed by atoms with Crippen LogP contribution >= 0.6 is 11.3 Å². The predicted molar refractivity (Wildman–Crippen MR) is 137 cm³/mol. The van der Waals surface area contributed by atoms with Crippen LogP contribution < -0.4 is 19.0 Å². The Labute approximate surface area is 205 Å². The Morgan fingerprint density at radius 3 is 2.77 bits per heavy atom. The van der Waals surface area contributed by atoms with E-state index in [1.807, 2.05) is 47.1 Å². The number of thiazole rings is 1. The number of aromatic nitrogens is 2. The number of fused-ring (bicyclic) bond motifs is 2. The van der Waals surface area contributed by atoms with E-state index in [1.165, 1.54) is 11.3 Å². The highest BCUT2D eigenvalue weighted by atomic mass is 32.1. The van der Waals surface area contributed by atoms with Crippen LogP contribution in [0.25, 0.3) is 22.0 Å². The van der Waals surface area contributed by atoms with Crippen molar-refractivity contribution in [1.29, 1.82) is 0 Å². The Balaban J connectivity index is 1.46. The van der Waals surface area contributed by atoms with Gasteiger partial charge in [0.05, 0.1) is 30.9 Å². The van der Waals surface area contributed by atoms with Gasteiger partial charge in [-0.2, -0.15) is 5.10 Å². The molecule has 1 aliphatic heterocycles. The van der Waals surface area contributed by atoms with Gasteiger partial charge in [-0.3, -0.25) is 4.98 Å². The fraction of sp³-hybridized carbons (Fsp3) is 0.0741. The molecule has 3 heterocycles. The maximum Gasteiger partial charge on any atom is 0.231 e. The third-order valence-corrected chi connectivity index (χ3v) is 6.43. The van der Waals surface area contributed by atoms with Crippen LogP contribution in [-0.4, -0.2) is 29.8 Å². The number of nitrogens with zero attached hydrogens (tertiary/aromatic N) is 4. The smallest absolute Gasteiger partial charge is 0.231 e. The van der Waals surface area contributed by atoms with Crippen LogP contribution in [0.2, 0.25) is 0 Å². The van der Waals surface area contributed by atoms with E-state index in [2.05, 4.69) is 34.6 Å². The summed E-state index contributed by atoms with van der Waals surface area (Å²) in [5.74, 6) is 2.29. The minimum atomic E-state index is 0.237. The largest absolute Gasteiger partial charge is 0.497 e. The molecule has 3 aromatic carbocycles. The summed E-state index contributed by atoms with van der Waals surface area (Å²) >= 11 is 1.52. The molecular formula is C27H20N4O3S. The molecule has 0 spiro atoms. The first-order valence-corrected chi connectivity index (χ1v) is 11.8. The van der Waals surface area contributed by atoms with Crippen molar-refractivity contribution in [3.8, 4) is 28.5 Å². The molecule has 6 rings (SSSR count). The van der Waals surface area contributed by atoms with E-state index in [-0.39, 0.29) is 6.79 Å². The van der Waals surface area contributed by atoms with Crippen molar-refractivity contribution < 1.29 is 14.2 Å². The van der Waals surface area contributed by atoms with Gasteiger partial charge < -0.3 is 14.2 Å². The summed E-state index contributed by atoms with van der Waals surface area (Å²) in [6, 6.07) is 21.9. The van der Waals surface area contributed by atoms with Gasteiger partial charge in [-0.05, 0) is 64.9 Å². The molecule has 0 unspecified atom stereocenters. The predicted octanol–water partition coefficient (Wildman–Crippen LogP) is 5.62. The zero-order valence-corrected chi connectivity index (χ0v) is 19.6. The molecule has 2 aromatic heterocycles. The van der Waals surface area contributed by atoms with Gasteiger partial charge >= 0.3 is 0 Å². The fourth-order valence-corrected chi connectivity index (χ4v) is 4.70. The molecule has 35 heavy (non-hydrogen) atoms. The molecule has 7 nitrogen and oxygen atoms in total. The molecule has 0 aliphatic carbocycles. The van der Waals surface area contributed by atoms with Crippen molar-refractivity contribution in [3.05, 3.63) is 94.9 Å². The van der Waals surface area contributed by atoms with E-state index in [9.17, 15) is 0 Å². The second-order valence-electron chi connectivity index (χ2n) is 7.82. The van der Waals surface area contributed by atoms with Crippen molar-refractivity contribution in [2.24, 2.45) is 10.1 Å². The molecule has 0 saturated heterocycles. The van der Waals surface area contributed by atoms with Gasteiger partial charge in [0.2, 0.25) is 11.6 Å². The number of benzene rings is 3. The minimum absolute atomic E-state index is 0.237. The number of hydrogen-bond donors (Lipinski definition) is 0. The lowest BCUT2D eigenvalue weighted by Gasteiger charge is -2.07. The Morgan fingerprint density at radius 1 is 1.00 bits per heavy atom. The highest BCUT2D eigenvalue weighted by Gasteiger charge is 2.13. The lowest BCUT2D eigenvalue weighted by atomic mass is 10.1. The molecule has 0 radical (unpaired) electrons. The van der Waals surface area contributed by atoms with Crippen LogP contribution in [-0.2, 0) is 0 Å². The second kappa shape index (κ2) is 9.08.